The highest BCUT2D eigenvalue weighted by Gasteiger charge is 2.33. The summed E-state index contributed by atoms with van der Waals surface area (Å²) < 4.78 is 16.1. The molecule has 2 aliphatic rings. The molecule has 2 unspecified atom stereocenters. The molecule has 1 N–H and O–H groups in total. The highest BCUT2D eigenvalue weighted by atomic mass is 16.6. The van der Waals surface area contributed by atoms with Crippen molar-refractivity contribution in [1.82, 2.24) is 5.32 Å². The highest BCUT2D eigenvalue weighted by molar-refractivity contribution is 5.83. The topological polar surface area (TPSA) is 60.1 Å². The van der Waals surface area contributed by atoms with Gasteiger partial charge in [-0.25, -0.2) is 0 Å². The van der Waals surface area contributed by atoms with E-state index in [0.717, 1.165) is 17.1 Å². The lowest BCUT2D eigenvalue weighted by atomic mass is 9.95. The van der Waals surface area contributed by atoms with E-state index in [1.807, 2.05) is 18.2 Å². The Morgan fingerprint density at radius 2 is 1.95 bits per heavy atom. The van der Waals surface area contributed by atoms with E-state index >= 15 is 0 Å². The number of ether oxygens (including phenoxy) is 3. The summed E-state index contributed by atoms with van der Waals surface area (Å²) >= 11 is 0. The standard InChI is InChI=1S/C15H19NO4/c1-9(2)14(16-15(17)13-8-20-13)10-3-4-11-12(7-10)19-6-5-18-11/h3-4,7,9,13-14H,5-6,8H2,1-2H3,(H,16,17). The largest absolute Gasteiger partial charge is 0.486 e. The first-order chi connectivity index (χ1) is 9.65. The van der Waals surface area contributed by atoms with Gasteiger partial charge in [-0.05, 0) is 23.6 Å². The van der Waals surface area contributed by atoms with Gasteiger partial charge in [0.25, 0.3) is 5.91 Å². The molecule has 2 aliphatic heterocycles. The molecule has 1 saturated heterocycles. The van der Waals surface area contributed by atoms with Crippen LogP contribution in [0.3, 0.4) is 0 Å². The normalized spacial score (nSPS) is 21.4. The van der Waals surface area contributed by atoms with E-state index in [-0.39, 0.29) is 24.0 Å². The zero-order valence-corrected chi connectivity index (χ0v) is 11.7. The number of nitrogens with one attached hydrogen (secondary N) is 1. The van der Waals surface area contributed by atoms with Crippen LogP contribution in [0, 0.1) is 5.92 Å². The van der Waals surface area contributed by atoms with Crippen molar-refractivity contribution in [3.63, 3.8) is 0 Å². The molecule has 20 heavy (non-hydrogen) atoms. The molecule has 0 radical (unpaired) electrons. The van der Waals surface area contributed by atoms with Crippen molar-refractivity contribution in [2.75, 3.05) is 19.8 Å². The Morgan fingerprint density at radius 3 is 2.60 bits per heavy atom. The monoisotopic (exact) mass is 277 g/mol. The van der Waals surface area contributed by atoms with Gasteiger partial charge in [0.05, 0.1) is 12.6 Å². The van der Waals surface area contributed by atoms with Crippen LogP contribution in [0.4, 0.5) is 0 Å². The van der Waals surface area contributed by atoms with Crippen LogP contribution in [0.5, 0.6) is 11.5 Å². The lowest BCUT2D eigenvalue weighted by Crippen LogP contribution is -2.34. The third-order valence-electron chi connectivity index (χ3n) is 3.52. The first-order valence-electron chi connectivity index (χ1n) is 6.96. The number of rotatable bonds is 4. The second-order valence-electron chi connectivity index (χ2n) is 5.46. The zero-order valence-electron chi connectivity index (χ0n) is 11.7. The molecular formula is C15H19NO4. The smallest absolute Gasteiger partial charge is 0.252 e. The van der Waals surface area contributed by atoms with Gasteiger partial charge in [-0.2, -0.15) is 0 Å². The van der Waals surface area contributed by atoms with Crippen molar-refractivity contribution in [1.29, 1.82) is 0 Å². The number of carbonyl (C=O) groups excluding carboxylic acids is 1. The maximum atomic E-state index is 11.9. The summed E-state index contributed by atoms with van der Waals surface area (Å²) in [5, 5.41) is 3.04. The predicted octanol–water partition coefficient (Wildman–Crippen LogP) is 1.67. The van der Waals surface area contributed by atoms with E-state index < -0.39 is 0 Å². The molecule has 0 aliphatic carbocycles. The summed E-state index contributed by atoms with van der Waals surface area (Å²) in [6.45, 7) is 5.82. The fourth-order valence-electron chi connectivity index (χ4n) is 2.33. The Kier molecular flexibility index (Phi) is 3.53. The van der Waals surface area contributed by atoms with Crippen LogP contribution in [0.1, 0.15) is 25.5 Å². The summed E-state index contributed by atoms with van der Waals surface area (Å²) in [5.74, 6) is 1.74. The Hall–Kier alpha value is -1.75. The van der Waals surface area contributed by atoms with E-state index in [1.54, 1.807) is 0 Å². The van der Waals surface area contributed by atoms with Gasteiger partial charge < -0.3 is 19.5 Å². The van der Waals surface area contributed by atoms with E-state index in [4.69, 9.17) is 14.2 Å². The molecule has 5 nitrogen and oxygen atoms in total. The highest BCUT2D eigenvalue weighted by Crippen LogP contribution is 2.34. The summed E-state index contributed by atoms with van der Waals surface area (Å²) in [5.41, 5.74) is 1.03. The van der Waals surface area contributed by atoms with Crippen molar-refractivity contribution < 1.29 is 19.0 Å². The molecule has 5 heteroatoms. The summed E-state index contributed by atoms with van der Waals surface area (Å²) in [4.78, 5) is 11.9. The lowest BCUT2D eigenvalue weighted by molar-refractivity contribution is -0.123. The van der Waals surface area contributed by atoms with Gasteiger partial charge >= 0.3 is 0 Å². The summed E-state index contributed by atoms with van der Waals surface area (Å²) in [7, 11) is 0. The van der Waals surface area contributed by atoms with Crippen LogP contribution in [-0.2, 0) is 9.53 Å². The van der Waals surface area contributed by atoms with Crippen LogP contribution in [-0.4, -0.2) is 31.8 Å². The molecule has 3 rings (SSSR count). The molecule has 1 aromatic carbocycles. The second-order valence-corrected chi connectivity index (χ2v) is 5.46. The number of amides is 1. The van der Waals surface area contributed by atoms with Crippen LogP contribution in [0.15, 0.2) is 18.2 Å². The maximum Gasteiger partial charge on any atom is 0.252 e. The van der Waals surface area contributed by atoms with Gasteiger partial charge in [0.2, 0.25) is 0 Å². The van der Waals surface area contributed by atoms with Crippen LogP contribution >= 0.6 is 0 Å². The van der Waals surface area contributed by atoms with Crippen molar-refractivity contribution in [2.45, 2.75) is 26.0 Å². The Labute approximate surface area is 118 Å². The number of fused-ring (bicyclic) bond motifs is 1. The zero-order chi connectivity index (χ0) is 14.1. The molecule has 2 atom stereocenters. The molecule has 2 heterocycles. The SMILES string of the molecule is CC(C)C(NC(=O)C1CO1)c1ccc2c(c1)OCCO2. The van der Waals surface area contributed by atoms with Crippen molar-refractivity contribution >= 4 is 5.91 Å². The average molecular weight is 277 g/mol. The molecule has 1 fully saturated rings. The van der Waals surface area contributed by atoms with E-state index in [2.05, 4.69) is 19.2 Å². The van der Waals surface area contributed by atoms with Gasteiger partial charge in [-0.1, -0.05) is 19.9 Å². The fraction of sp³-hybridized carbons (Fsp3) is 0.533. The minimum atomic E-state index is -0.270. The molecule has 1 amide bonds. The molecule has 1 aromatic rings. The van der Waals surface area contributed by atoms with Gasteiger partial charge in [0.15, 0.2) is 17.6 Å². The second kappa shape index (κ2) is 5.32. The average Bonchev–Trinajstić information content (AvgIpc) is 3.28. The quantitative estimate of drug-likeness (QED) is 0.850. The minimum absolute atomic E-state index is 0.0430. The third kappa shape index (κ3) is 2.72. The molecule has 108 valence electrons. The first kappa shape index (κ1) is 13.2. The third-order valence-corrected chi connectivity index (χ3v) is 3.52. The molecular weight excluding hydrogens is 258 g/mol. The Bertz CT molecular complexity index is 511. The van der Waals surface area contributed by atoms with Crippen LogP contribution in [0.25, 0.3) is 0 Å². The Morgan fingerprint density at radius 1 is 1.25 bits per heavy atom. The predicted molar refractivity (Wildman–Crippen MR) is 72.9 cm³/mol. The van der Waals surface area contributed by atoms with Crippen LogP contribution < -0.4 is 14.8 Å². The van der Waals surface area contributed by atoms with E-state index in [0.29, 0.717) is 19.8 Å². The van der Waals surface area contributed by atoms with Crippen molar-refractivity contribution in [3.05, 3.63) is 23.8 Å². The number of hydrogen-bond donors (Lipinski definition) is 1. The van der Waals surface area contributed by atoms with E-state index in [9.17, 15) is 4.79 Å². The molecule has 0 bridgehead atoms. The summed E-state index contributed by atoms with van der Waals surface area (Å²) in [6.07, 6.45) is -0.270. The van der Waals surface area contributed by atoms with Crippen molar-refractivity contribution in [3.8, 4) is 11.5 Å². The van der Waals surface area contributed by atoms with Crippen LogP contribution in [0.2, 0.25) is 0 Å². The van der Waals surface area contributed by atoms with Gasteiger partial charge in [0, 0.05) is 0 Å². The molecule has 0 spiro atoms. The number of carbonyl (C=O) groups is 1. The van der Waals surface area contributed by atoms with Gasteiger partial charge in [-0.15, -0.1) is 0 Å². The molecule has 0 aromatic heterocycles. The minimum Gasteiger partial charge on any atom is -0.486 e. The maximum absolute atomic E-state index is 11.9. The fourth-order valence-corrected chi connectivity index (χ4v) is 2.33. The molecule has 0 saturated carbocycles. The first-order valence-corrected chi connectivity index (χ1v) is 6.96. The van der Waals surface area contributed by atoms with Gasteiger partial charge in [-0.3, -0.25) is 4.79 Å². The number of benzene rings is 1. The lowest BCUT2D eigenvalue weighted by Gasteiger charge is -2.25. The number of epoxide rings is 1. The van der Waals surface area contributed by atoms with Crippen molar-refractivity contribution in [2.24, 2.45) is 5.92 Å². The summed E-state index contributed by atoms with van der Waals surface area (Å²) in [6, 6.07) is 5.78. The van der Waals surface area contributed by atoms with E-state index in [1.165, 1.54) is 0 Å². The number of hydrogen-bond acceptors (Lipinski definition) is 4. The van der Waals surface area contributed by atoms with Gasteiger partial charge in [0.1, 0.15) is 13.2 Å². The Balaban J connectivity index is 1.81.